The lowest BCUT2D eigenvalue weighted by Gasteiger charge is -2.27. The molecule has 0 radical (unpaired) electrons. The minimum atomic E-state index is -0.605. The number of aliphatic hydroxyl groups is 1. The van der Waals surface area contributed by atoms with E-state index in [1.54, 1.807) is 0 Å². The fourth-order valence-electron chi connectivity index (χ4n) is 2.58. The Hall–Kier alpha value is -0.810. The van der Waals surface area contributed by atoms with Crippen molar-refractivity contribution in [3.63, 3.8) is 0 Å². The van der Waals surface area contributed by atoms with Crippen molar-refractivity contribution < 1.29 is 19.3 Å². The van der Waals surface area contributed by atoms with E-state index in [0.29, 0.717) is 37.9 Å². The smallest absolute Gasteiger partial charge is 0.126 e. The van der Waals surface area contributed by atoms with Crippen LogP contribution in [0.25, 0.3) is 0 Å². The number of fused-ring (bicyclic) bond motifs is 1. The van der Waals surface area contributed by atoms with Crippen LogP contribution in [-0.4, -0.2) is 43.7 Å². The van der Waals surface area contributed by atoms with E-state index in [2.05, 4.69) is 0 Å². The molecule has 1 aromatic carbocycles. The summed E-state index contributed by atoms with van der Waals surface area (Å²) in [6.07, 6.45) is 0.468. The van der Waals surface area contributed by atoms with Crippen LogP contribution in [-0.2, 0) is 22.3 Å². The fourth-order valence-corrected chi connectivity index (χ4v) is 2.85. The summed E-state index contributed by atoms with van der Waals surface area (Å²) in [5.74, 6) is 0.875. The first-order valence-electron chi connectivity index (χ1n) is 6.55. The summed E-state index contributed by atoms with van der Waals surface area (Å²) in [7, 11) is 0. The Balaban J connectivity index is 1.75. The van der Waals surface area contributed by atoms with E-state index in [4.69, 9.17) is 25.8 Å². The molecule has 1 fully saturated rings. The fraction of sp³-hybridized carbons (Fsp3) is 0.571. The summed E-state index contributed by atoms with van der Waals surface area (Å²) in [4.78, 5) is 0. The molecule has 1 N–H and O–H groups in total. The van der Waals surface area contributed by atoms with Crippen LogP contribution >= 0.6 is 11.6 Å². The van der Waals surface area contributed by atoms with Crippen LogP contribution in [0.4, 0.5) is 0 Å². The van der Waals surface area contributed by atoms with Gasteiger partial charge in [-0.3, -0.25) is 0 Å². The molecule has 2 aliphatic heterocycles. The van der Waals surface area contributed by atoms with E-state index >= 15 is 0 Å². The molecule has 0 aromatic heterocycles. The summed E-state index contributed by atoms with van der Waals surface area (Å²) in [5, 5.41) is 10.9. The van der Waals surface area contributed by atoms with Crippen LogP contribution in [0.1, 0.15) is 11.1 Å². The van der Waals surface area contributed by atoms with Gasteiger partial charge in [-0.1, -0.05) is 11.6 Å². The predicted octanol–water partition coefficient (Wildman–Crippen LogP) is 1.59. The molecule has 2 heterocycles. The van der Waals surface area contributed by atoms with Crippen molar-refractivity contribution in [3.05, 3.63) is 28.3 Å². The third-order valence-corrected chi connectivity index (χ3v) is 3.74. The Labute approximate surface area is 117 Å². The van der Waals surface area contributed by atoms with Crippen molar-refractivity contribution in [2.24, 2.45) is 0 Å². The van der Waals surface area contributed by atoms with Crippen LogP contribution in [0.5, 0.6) is 5.75 Å². The van der Waals surface area contributed by atoms with Crippen LogP contribution in [0.3, 0.4) is 0 Å². The summed E-state index contributed by atoms with van der Waals surface area (Å²) in [6, 6.07) is 3.79. The van der Waals surface area contributed by atoms with E-state index in [1.165, 1.54) is 0 Å². The Morgan fingerprint density at radius 1 is 1.32 bits per heavy atom. The summed E-state index contributed by atoms with van der Waals surface area (Å²) >= 11 is 6.10. The van der Waals surface area contributed by atoms with Crippen molar-refractivity contribution in [1.82, 2.24) is 0 Å². The zero-order chi connectivity index (χ0) is 13.2. The van der Waals surface area contributed by atoms with Crippen molar-refractivity contribution in [2.75, 3.05) is 26.4 Å². The molecule has 1 saturated heterocycles. The average molecular weight is 285 g/mol. The molecule has 3 rings (SSSR count). The van der Waals surface area contributed by atoms with Crippen molar-refractivity contribution in [3.8, 4) is 5.75 Å². The Morgan fingerprint density at radius 3 is 3.00 bits per heavy atom. The molecule has 4 nitrogen and oxygen atoms in total. The minimum absolute atomic E-state index is 0.273. The number of benzene rings is 1. The standard InChI is InChI=1S/C14H17ClO4/c15-11-5-9-1-2-19-14(9)10(6-11)7-12(16)13-8-17-3-4-18-13/h5-6,12-13,16H,1-4,7-8H2. The number of halogens is 1. The van der Waals surface area contributed by atoms with Gasteiger partial charge in [-0.15, -0.1) is 0 Å². The lowest BCUT2D eigenvalue weighted by molar-refractivity contribution is -0.131. The third-order valence-electron chi connectivity index (χ3n) is 3.53. The number of ether oxygens (including phenoxy) is 3. The second-order valence-electron chi connectivity index (χ2n) is 4.91. The normalized spacial score (nSPS) is 23.8. The summed E-state index contributed by atoms with van der Waals surface area (Å²) < 4.78 is 16.5. The van der Waals surface area contributed by atoms with E-state index < -0.39 is 6.10 Å². The Bertz CT molecular complexity index is 457. The van der Waals surface area contributed by atoms with Gasteiger partial charge in [-0.05, 0) is 23.3 Å². The first-order valence-corrected chi connectivity index (χ1v) is 6.93. The SMILES string of the molecule is OC(Cc1cc(Cl)cc2c1OCC2)C1COCCO1. The van der Waals surface area contributed by atoms with E-state index in [-0.39, 0.29) is 6.10 Å². The molecule has 2 atom stereocenters. The summed E-state index contributed by atoms with van der Waals surface area (Å²) in [5.41, 5.74) is 2.07. The van der Waals surface area contributed by atoms with Crippen LogP contribution in [0.15, 0.2) is 12.1 Å². The predicted molar refractivity (Wildman–Crippen MR) is 70.9 cm³/mol. The van der Waals surface area contributed by atoms with Gasteiger partial charge >= 0.3 is 0 Å². The lowest BCUT2D eigenvalue weighted by atomic mass is 10.00. The highest BCUT2D eigenvalue weighted by Crippen LogP contribution is 2.34. The molecule has 2 unspecified atom stereocenters. The highest BCUT2D eigenvalue weighted by Gasteiger charge is 2.26. The molecule has 0 saturated carbocycles. The highest BCUT2D eigenvalue weighted by molar-refractivity contribution is 6.30. The third kappa shape index (κ3) is 2.87. The van der Waals surface area contributed by atoms with Crippen LogP contribution < -0.4 is 4.74 Å². The maximum absolute atomic E-state index is 10.2. The van der Waals surface area contributed by atoms with Crippen LogP contribution in [0.2, 0.25) is 5.02 Å². The Kier molecular flexibility index (Phi) is 3.93. The maximum Gasteiger partial charge on any atom is 0.126 e. The van der Waals surface area contributed by atoms with Gasteiger partial charge in [0, 0.05) is 17.9 Å². The molecule has 0 bridgehead atoms. The first-order chi connectivity index (χ1) is 9.24. The molecule has 0 aliphatic carbocycles. The van der Waals surface area contributed by atoms with E-state index in [1.807, 2.05) is 12.1 Å². The van der Waals surface area contributed by atoms with Gasteiger partial charge in [0.25, 0.3) is 0 Å². The van der Waals surface area contributed by atoms with Crippen molar-refractivity contribution >= 4 is 11.6 Å². The van der Waals surface area contributed by atoms with Gasteiger partial charge in [-0.25, -0.2) is 0 Å². The van der Waals surface area contributed by atoms with Crippen molar-refractivity contribution in [2.45, 2.75) is 25.0 Å². The van der Waals surface area contributed by atoms with Gasteiger partial charge in [0.1, 0.15) is 11.9 Å². The van der Waals surface area contributed by atoms with Crippen molar-refractivity contribution in [1.29, 1.82) is 0 Å². The monoisotopic (exact) mass is 284 g/mol. The van der Waals surface area contributed by atoms with Gasteiger partial charge in [-0.2, -0.15) is 0 Å². The largest absolute Gasteiger partial charge is 0.493 e. The Morgan fingerprint density at radius 2 is 2.21 bits per heavy atom. The average Bonchev–Trinajstić information content (AvgIpc) is 2.88. The molecule has 104 valence electrons. The molecular formula is C14H17ClO4. The van der Waals surface area contributed by atoms with Gasteiger partial charge in [0.05, 0.1) is 32.5 Å². The van der Waals surface area contributed by atoms with E-state index in [0.717, 1.165) is 23.3 Å². The molecule has 0 spiro atoms. The lowest BCUT2D eigenvalue weighted by Crippen LogP contribution is -2.39. The second kappa shape index (κ2) is 5.67. The molecule has 5 heteroatoms. The summed E-state index contributed by atoms with van der Waals surface area (Å²) in [6.45, 7) is 2.25. The molecular weight excluding hydrogens is 268 g/mol. The van der Waals surface area contributed by atoms with Gasteiger partial charge in [0.2, 0.25) is 0 Å². The maximum atomic E-state index is 10.2. The quantitative estimate of drug-likeness (QED) is 0.916. The zero-order valence-corrected chi connectivity index (χ0v) is 11.4. The highest BCUT2D eigenvalue weighted by atomic mass is 35.5. The number of rotatable bonds is 3. The number of aliphatic hydroxyl groups excluding tert-OH is 1. The van der Waals surface area contributed by atoms with E-state index in [9.17, 15) is 5.11 Å². The number of hydrogen-bond acceptors (Lipinski definition) is 4. The molecule has 1 aromatic rings. The zero-order valence-electron chi connectivity index (χ0n) is 10.6. The van der Waals surface area contributed by atoms with Crippen LogP contribution in [0, 0.1) is 0 Å². The second-order valence-corrected chi connectivity index (χ2v) is 5.34. The minimum Gasteiger partial charge on any atom is -0.493 e. The number of hydrogen-bond donors (Lipinski definition) is 1. The molecule has 19 heavy (non-hydrogen) atoms. The van der Waals surface area contributed by atoms with Gasteiger partial charge in [0.15, 0.2) is 0 Å². The van der Waals surface area contributed by atoms with Gasteiger partial charge < -0.3 is 19.3 Å². The topological polar surface area (TPSA) is 47.9 Å². The first kappa shape index (κ1) is 13.2. The molecule has 2 aliphatic rings. The molecule has 0 amide bonds.